The molecule has 0 bridgehead atoms. The maximum absolute atomic E-state index is 10.9. The molecule has 0 aromatic carbocycles. The first kappa shape index (κ1) is 12.7. The van der Waals surface area contributed by atoms with Gasteiger partial charge in [0.25, 0.3) is 0 Å². The number of nitrogen functional groups attached to an aromatic ring is 1. The first-order valence-corrected chi connectivity index (χ1v) is 5.54. The predicted octanol–water partition coefficient (Wildman–Crippen LogP) is 1.13. The Morgan fingerprint density at radius 3 is 2.89 bits per heavy atom. The zero-order valence-electron chi connectivity index (χ0n) is 10.2. The fourth-order valence-electron chi connectivity index (χ4n) is 1.45. The molecule has 0 unspecified atom stereocenters. The third kappa shape index (κ3) is 2.76. The van der Waals surface area contributed by atoms with Crippen molar-refractivity contribution in [2.24, 2.45) is 0 Å². The van der Waals surface area contributed by atoms with Crippen molar-refractivity contribution < 1.29 is 9.34 Å². The molecule has 0 atom stereocenters. The number of nitrogens with one attached hydrogen (secondary N) is 1. The molecule has 19 heavy (non-hydrogen) atoms. The lowest BCUT2D eigenvalue weighted by Crippen LogP contribution is -2.08. The highest BCUT2D eigenvalue weighted by Gasteiger charge is 2.20. The van der Waals surface area contributed by atoms with Crippen molar-refractivity contribution in [1.82, 2.24) is 15.0 Å². The van der Waals surface area contributed by atoms with E-state index < -0.39 is 4.92 Å². The average Bonchev–Trinajstić information content (AvgIpc) is 2.83. The van der Waals surface area contributed by atoms with Gasteiger partial charge in [0.2, 0.25) is 17.5 Å². The zero-order valence-corrected chi connectivity index (χ0v) is 10.2. The van der Waals surface area contributed by atoms with Crippen LogP contribution < -0.4 is 11.1 Å². The second kappa shape index (κ2) is 5.29. The van der Waals surface area contributed by atoms with Crippen LogP contribution in [-0.2, 0) is 13.0 Å². The summed E-state index contributed by atoms with van der Waals surface area (Å²) in [5, 5.41) is 13.6. The molecule has 100 valence electrons. The summed E-state index contributed by atoms with van der Waals surface area (Å²) in [7, 11) is 0. The monoisotopic (exact) mass is 264 g/mol. The molecule has 3 N–H and O–H groups in total. The summed E-state index contributed by atoms with van der Waals surface area (Å²) in [6, 6.07) is 0. The van der Waals surface area contributed by atoms with Crippen LogP contribution in [0.4, 0.5) is 17.3 Å². The molecule has 2 aromatic rings. The van der Waals surface area contributed by atoms with Crippen molar-refractivity contribution in [3.63, 3.8) is 0 Å². The number of nitrogens with zero attached hydrogens (tertiary/aromatic N) is 4. The molecular weight excluding hydrogens is 252 g/mol. The minimum Gasteiger partial charge on any atom is -0.444 e. The Kier molecular flexibility index (Phi) is 3.55. The number of hydrogen-bond donors (Lipinski definition) is 2. The Bertz CT molecular complexity index is 597. The van der Waals surface area contributed by atoms with E-state index in [1.165, 1.54) is 0 Å². The van der Waals surface area contributed by atoms with E-state index in [2.05, 4.69) is 20.3 Å². The largest absolute Gasteiger partial charge is 0.444 e. The van der Waals surface area contributed by atoms with Gasteiger partial charge in [-0.2, -0.15) is 0 Å². The SMILES string of the molecule is CCc1cnc(CNc2ncnc(N)c2[N+](=O)[O-])o1. The van der Waals surface area contributed by atoms with Gasteiger partial charge in [-0.1, -0.05) is 6.92 Å². The lowest BCUT2D eigenvalue weighted by Gasteiger charge is -2.04. The van der Waals surface area contributed by atoms with Crippen molar-refractivity contribution in [2.45, 2.75) is 19.9 Å². The Morgan fingerprint density at radius 2 is 2.26 bits per heavy atom. The predicted molar refractivity (Wildman–Crippen MR) is 66.3 cm³/mol. The number of aryl methyl sites for hydroxylation is 1. The van der Waals surface area contributed by atoms with E-state index in [0.29, 0.717) is 5.89 Å². The van der Waals surface area contributed by atoms with Crippen molar-refractivity contribution in [2.75, 3.05) is 11.1 Å². The molecule has 0 aliphatic carbocycles. The van der Waals surface area contributed by atoms with Crippen LogP contribution in [-0.4, -0.2) is 19.9 Å². The Hall–Kier alpha value is -2.71. The van der Waals surface area contributed by atoms with Gasteiger partial charge in [0.05, 0.1) is 17.7 Å². The van der Waals surface area contributed by atoms with Crippen molar-refractivity contribution in [1.29, 1.82) is 0 Å². The molecule has 0 amide bonds. The van der Waals surface area contributed by atoms with E-state index in [-0.39, 0.29) is 23.9 Å². The number of anilines is 2. The number of nitrogens with two attached hydrogens (primary N) is 1. The van der Waals surface area contributed by atoms with Gasteiger partial charge in [0, 0.05) is 6.42 Å². The molecular formula is C10H12N6O3. The second-order valence-electron chi connectivity index (χ2n) is 3.64. The average molecular weight is 264 g/mol. The van der Waals surface area contributed by atoms with E-state index in [9.17, 15) is 10.1 Å². The lowest BCUT2D eigenvalue weighted by molar-refractivity contribution is -0.383. The van der Waals surface area contributed by atoms with Gasteiger partial charge in [-0.3, -0.25) is 10.1 Å². The molecule has 0 fully saturated rings. The maximum atomic E-state index is 10.9. The molecule has 0 radical (unpaired) electrons. The number of nitro groups is 1. The van der Waals surface area contributed by atoms with Crippen molar-refractivity contribution >= 4 is 17.3 Å². The van der Waals surface area contributed by atoms with Gasteiger partial charge in [-0.05, 0) is 0 Å². The smallest absolute Gasteiger partial charge is 0.352 e. The first-order valence-electron chi connectivity index (χ1n) is 5.54. The van der Waals surface area contributed by atoms with E-state index in [1.54, 1.807) is 6.20 Å². The quantitative estimate of drug-likeness (QED) is 0.606. The summed E-state index contributed by atoms with van der Waals surface area (Å²) >= 11 is 0. The molecule has 2 heterocycles. The lowest BCUT2D eigenvalue weighted by atomic mass is 10.4. The van der Waals surface area contributed by atoms with Crippen molar-refractivity contribution in [3.05, 3.63) is 34.3 Å². The van der Waals surface area contributed by atoms with Crippen LogP contribution in [0.1, 0.15) is 18.6 Å². The summed E-state index contributed by atoms with van der Waals surface area (Å²) in [4.78, 5) is 21.6. The number of aromatic nitrogens is 3. The fraction of sp³-hybridized carbons (Fsp3) is 0.300. The van der Waals surface area contributed by atoms with Gasteiger partial charge in [-0.25, -0.2) is 15.0 Å². The summed E-state index contributed by atoms with van der Waals surface area (Å²) in [6.45, 7) is 2.12. The molecule has 0 aliphatic rings. The Balaban J connectivity index is 2.15. The fourth-order valence-corrected chi connectivity index (χ4v) is 1.45. The van der Waals surface area contributed by atoms with Gasteiger partial charge in [-0.15, -0.1) is 0 Å². The van der Waals surface area contributed by atoms with Gasteiger partial charge in [0.1, 0.15) is 12.1 Å². The topological polar surface area (TPSA) is 133 Å². The van der Waals surface area contributed by atoms with Gasteiger partial charge in [0.15, 0.2) is 0 Å². The number of rotatable bonds is 5. The second-order valence-corrected chi connectivity index (χ2v) is 3.64. The standard InChI is InChI=1S/C10H12N6O3/c1-2-6-3-12-7(19-6)4-13-10-8(16(17)18)9(11)14-5-15-10/h3,5H,2,4H2,1H3,(H3,11,13,14,15). The highest BCUT2D eigenvalue weighted by Crippen LogP contribution is 2.26. The number of oxazole rings is 1. The molecule has 0 saturated heterocycles. The zero-order chi connectivity index (χ0) is 13.8. The summed E-state index contributed by atoms with van der Waals surface area (Å²) in [5.41, 5.74) is 5.09. The number of hydrogen-bond acceptors (Lipinski definition) is 8. The van der Waals surface area contributed by atoms with Crippen LogP contribution in [0.15, 0.2) is 16.9 Å². The third-order valence-electron chi connectivity index (χ3n) is 2.39. The van der Waals surface area contributed by atoms with E-state index >= 15 is 0 Å². The summed E-state index contributed by atoms with van der Waals surface area (Å²) in [5.74, 6) is 1.01. The van der Waals surface area contributed by atoms with E-state index in [1.807, 2.05) is 6.92 Å². The third-order valence-corrected chi connectivity index (χ3v) is 2.39. The molecule has 9 nitrogen and oxygen atoms in total. The van der Waals surface area contributed by atoms with Gasteiger partial charge < -0.3 is 15.5 Å². The Morgan fingerprint density at radius 1 is 1.47 bits per heavy atom. The molecule has 0 aliphatic heterocycles. The van der Waals surface area contributed by atoms with Crippen LogP contribution in [0.5, 0.6) is 0 Å². The first-order chi connectivity index (χ1) is 9.11. The minimum atomic E-state index is -0.634. The highest BCUT2D eigenvalue weighted by atomic mass is 16.6. The highest BCUT2D eigenvalue weighted by molar-refractivity contribution is 5.67. The van der Waals surface area contributed by atoms with Crippen LogP contribution in [0.2, 0.25) is 0 Å². The van der Waals surface area contributed by atoms with E-state index in [4.69, 9.17) is 10.2 Å². The minimum absolute atomic E-state index is 0.0359. The van der Waals surface area contributed by atoms with Crippen molar-refractivity contribution in [3.8, 4) is 0 Å². The van der Waals surface area contributed by atoms with Crippen LogP contribution in [0.25, 0.3) is 0 Å². The molecule has 2 aromatic heterocycles. The molecule has 9 heteroatoms. The Labute approximate surface area is 108 Å². The van der Waals surface area contributed by atoms with Crippen LogP contribution in [0.3, 0.4) is 0 Å². The normalized spacial score (nSPS) is 10.4. The van der Waals surface area contributed by atoms with Gasteiger partial charge >= 0.3 is 5.69 Å². The molecule has 2 rings (SSSR count). The van der Waals surface area contributed by atoms with Crippen LogP contribution in [0, 0.1) is 10.1 Å². The summed E-state index contributed by atoms with van der Waals surface area (Å²) < 4.78 is 5.37. The molecule has 0 spiro atoms. The van der Waals surface area contributed by atoms with Crippen LogP contribution >= 0.6 is 0 Å². The maximum Gasteiger partial charge on any atom is 0.352 e. The molecule has 0 saturated carbocycles. The van der Waals surface area contributed by atoms with E-state index in [0.717, 1.165) is 18.5 Å². The summed E-state index contributed by atoms with van der Waals surface area (Å²) in [6.07, 6.45) is 3.49.